The van der Waals surface area contributed by atoms with Crippen LogP contribution in [0.15, 0.2) is 91.0 Å². The normalized spacial score (nSPS) is 16.7. The molecule has 0 spiro atoms. The van der Waals surface area contributed by atoms with E-state index in [-0.39, 0.29) is 24.7 Å². The summed E-state index contributed by atoms with van der Waals surface area (Å²) in [5.41, 5.74) is 2.49. The summed E-state index contributed by atoms with van der Waals surface area (Å²) in [7, 11) is 0. The highest BCUT2D eigenvalue weighted by molar-refractivity contribution is 5.89. The fourth-order valence-corrected chi connectivity index (χ4v) is 3.94. The molecule has 1 heterocycles. The minimum Gasteiger partial charge on any atom is -0.457 e. The van der Waals surface area contributed by atoms with Gasteiger partial charge in [-0.25, -0.2) is 9.59 Å². The monoisotopic (exact) mass is 444 g/mol. The van der Waals surface area contributed by atoms with Crippen LogP contribution in [0.4, 0.5) is 4.79 Å². The van der Waals surface area contributed by atoms with Gasteiger partial charge in [-0.3, -0.25) is 4.90 Å². The highest BCUT2D eigenvalue weighted by Crippen LogP contribution is 2.20. The highest BCUT2D eigenvalue weighted by atomic mass is 16.6. The molecular weight excluding hydrogens is 416 g/mol. The van der Waals surface area contributed by atoms with Crippen molar-refractivity contribution in [1.82, 2.24) is 10.2 Å². The molecule has 1 saturated heterocycles. The molecule has 0 aromatic heterocycles. The Bertz CT molecular complexity index is 1030. The van der Waals surface area contributed by atoms with Gasteiger partial charge in [-0.15, -0.1) is 0 Å². The maximum Gasteiger partial charge on any atom is 0.407 e. The number of alkyl carbamates (subject to hydrolysis) is 1. The molecule has 0 unspecified atom stereocenters. The Labute approximate surface area is 194 Å². The third-order valence-electron chi connectivity index (χ3n) is 5.66. The van der Waals surface area contributed by atoms with Crippen LogP contribution >= 0.6 is 0 Å². The van der Waals surface area contributed by atoms with E-state index in [0.717, 1.165) is 24.1 Å². The van der Waals surface area contributed by atoms with Gasteiger partial charge in [0.15, 0.2) is 0 Å². The van der Waals surface area contributed by atoms with Gasteiger partial charge in [0.25, 0.3) is 0 Å². The third kappa shape index (κ3) is 6.67. The number of nitrogens with zero attached hydrogens (tertiary/aromatic N) is 1. The molecule has 2 atom stereocenters. The van der Waals surface area contributed by atoms with E-state index in [1.807, 2.05) is 78.9 Å². The number of ether oxygens (including phenoxy) is 2. The van der Waals surface area contributed by atoms with Crippen LogP contribution in [0.3, 0.4) is 0 Å². The molecule has 4 rings (SSSR count). The number of hydrogen-bond acceptors (Lipinski definition) is 5. The number of carbonyl (C=O) groups excluding carboxylic acids is 2. The van der Waals surface area contributed by atoms with Crippen LogP contribution in [-0.2, 0) is 16.1 Å². The zero-order valence-corrected chi connectivity index (χ0v) is 18.4. The van der Waals surface area contributed by atoms with Crippen molar-refractivity contribution in [3.05, 3.63) is 108 Å². The van der Waals surface area contributed by atoms with E-state index in [0.29, 0.717) is 18.7 Å². The number of hydrogen-bond donors (Lipinski definition) is 1. The fourth-order valence-electron chi connectivity index (χ4n) is 3.94. The van der Waals surface area contributed by atoms with Gasteiger partial charge < -0.3 is 14.8 Å². The Balaban J connectivity index is 1.33. The Kier molecular flexibility index (Phi) is 7.72. The summed E-state index contributed by atoms with van der Waals surface area (Å²) >= 11 is 0. The van der Waals surface area contributed by atoms with Crippen LogP contribution in [0.2, 0.25) is 0 Å². The summed E-state index contributed by atoms with van der Waals surface area (Å²) in [6.45, 7) is 2.23. The predicted molar refractivity (Wildman–Crippen MR) is 126 cm³/mol. The summed E-state index contributed by atoms with van der Waals surface area (Å²) in [6, 6.07) is 28.2. The van der Waals surface area contributed by atoms with Crippen LogP contribution in [0, 0.1) is 0 Å². The number of nitrogens with one attached hydrogen (secondary N) is 1. The van der Waals surface area contributed by atoms with E-state index in [9.17, 15) is 9.59 Å². The van der Waals surface area contributed by atoms with E-state index in [1.54, 1.807) is 12.1 Å². The van der Waals surface area contributed by atoms with Gasteiger partial charge in [-0.05, 0) is 29.7 Å². The van der Waals surface area contributed by atoms with Crippen LogP contribution in [0.1, 0.15) is 33.9 Å². The van der Waals surface area contributed by atoms with Gasteiger partial charge in [0.1, 0.15) is 12.7 Å². The number of rotatable bonds is 8. The van der Waals surface area contributed by atoms with Crippen molar-refractivity contribution in [1.29, 1.82) is 0 Å². The van der Waals surface area contributed by atoms with E-state index in [2.05, 4.69) is 10.2 Å². The molecule has 1 fully saturated rings. The largest absolute Gasteiger partial charge is 0.457 e. The summed E-state index contributed by atoms with van der Waals surface area (Å²) in [6.07, 6.45) is 0.136. The molecule has 0 saturated carbocycles. The minimum absolute atomic E-state index is 0.167. The van der Waals surface area contributed by atoms with Crippen molar-refractivity contribution in [3.8, 4) is 0 Å². The van der Waals surface area contributed by atoms with E-state index < -0.39 is 6.09 Å². The number of benzene rings is 3. The number of carbonyl (C=O) groups is 2. The number of likely N-dealkylation sites (tertiary alicyclic amines) is 1. The lowest BCUT2D eigenvalue weighted by molar-refractivity contribution is 0.0320. The van der Waals surface area contributed by atoms with Crippen molar-refractivity contribution >= 4 is 12.1 Å². The maximum absolute atomic E-state index is 12.5. The fraction of sp³-hybridized carbons (Fsp3) is 0.259. The lowest BCUT2D eigenvalue weighted by Crippen LogP contribution is -2.38. The molecule has 3 aromatic carbocycles. The second kappa shape index (κ2) is 11.3. The summed E-state index contributed by atoms with van der Waals surface area (Å²) in [5, 5.41) is 3.00. The summed E-state index contributed by atoms with van der Waals surface area (Å²) < 4.78 is 11.1. The highest BCUT2D eigenvalue weighted by Gasteiger charge is 2.29. The average molecular weight is 445 g/mol. The molecule has 1 amide bonds. The number of amides is 1. The van der Waals surface area contributed by atoms with Crippen LogP contribution in [0.25, 0.3) is 0 Å². The molecule has 1 aliphatic rings. The molecule has 1 N–H and O–H groups in total. The van der Waals surface area contributed by atoms with E-state index in [1.165, 1.54) is 0 Å². The topological polar surface area (TPSA) is 67.9 Å². The third-order valence-corrected chi connectivity index (χ3v) is 5.66. The van der Waals surface area contributed by atoms with Crippen LogP contribution in [0.5, 0.6) is 0 Å². The van der Waals surface area contributed by atoms with Crippen molar-refractivity contribution in [3.63, 3.8) is 0 Å². The Morgan fingerprint density at radius 1 is 0.909 bits per heavy atom. The molecule has 3 aromatic rings. The first-order valence-corrected chi connectivity index (χ1v) is 11.2. The van der Waals surface area contributed by atoms with Crippen LogP contribution in [-0.4, -0.2) is 42.7 Å². The van der Waals surface area contributed by atoms with E-state index >= 15 is 0 Å². The van der Waals surface area contributed by atoms with Crippen molar-refractivity contribution in [2.75, 3.05) is 19.6 Å². The SMILES string of the molecule is O=C(N[C@H](CN1CC[C@H](OC(=O)c2ccccc2)C1)c1ccccc1)OCc1ccccc1. The van der Waals surface area contributed by atoms with Crippen molar-refractivity contribution in [2.24, 2.45) is 0 Å². The molecule has 6 nitrogen and oxygen atoms in total. The van der Waals surface area contributed by atoms with Gasteiger partial charge in [0, 0.05) is 19.6 Å². The zero-order valence-electron chi connectivity index (χ0n) is 18.4. The first-order chi connectivity index (χ1) is 16.2. The second-order valence-corrected chi connectivity index (χ2v) is 8.11. The lowest BCUT2D eigenvalue weighted by atomic mass is 10.1. The van der Waals surface area contributed by atoms with E-state index in [4.69, 9.17) is 9.47 Å². The Morgan fingerprint density at radius 2 is 1.55 bits per heavy atom. The van der Waals surface area contributed by atoms with Crippen LogP contribution < -0.4 is 5.32 Å². The first-order valence-electron chi connectivity index (χ1n) is 11.2. The van der Waals surface area contributed by atoms with Gasteiger partial charge in [-0.1, -0.05) is 78.9 Å². The second-order valence-electron chi connectivity index (χ2n) is 8.11. The Hall–Kier alpha value is -3.64. The molecule has 170 valence electrons. The van der Waals surface area contributed by atoms with Crippen molar-refractivity contribution < 1.29 is 19.1 Å². The van der Waals surface area contributed by atoms with Gasteiger partial charge >= 0.3 is 12.1 Å². The summed E-state index contributed by atoms with van der Waals surface area (Å²) in [5.74, 6) is -0.301. The Morgan fingerprint density at radius 3 is 2.24 bits per heavy atom. The molecule has 0 bridgehead atoms. The zero-order chi connectivity index (χ0) is 22.9. The minimum atomic E-state index is -0.459. The van der Waals surface area contributed by atoms with Gasteiger partial charge in [0.05, 0.1) is 11.6 Å². The van der Waals surface area contributed by atoms with Gasteiger partial charge in [0.2, 0.25) is 0 Å². The average Bonchev–Trinajstić information content (AvgIpc) is 3.30. The molecule has 33 heavy (non-hydrogen) atoms. The predicted octanol–water partition coefficient (Wildman–Crippen LogP) is 4.59. The smallest absolute Gasteiger partial charge is 0.407 e. The molecular formula is C27H28N2O4. The summed E-state index contributed by atoms with van der Waals surface area (Å²) in [4.78, 5) is 27.1. The standard InChI is InChI=1S/C27H28N2O4/c30-26(23-14-8-3-9-15-23)33-24-16-17-29(18-24)19-25(22-12-6-2-7-13-22)28-27(31)32-20-21-10-4-1-5-11-21/h1-15,24-25H,16-20H2,(H,28,31)/t24-,25+/m0/s1. The molecule has 0 aliphatic carbocycles. The molecule has 1 aliphatic heterocycles. The number of esters is 1. The lowest BCUT2D eigenvalue weighted by Gasteiger charge is -2.25. The first kappa shape index (κ1) is 22.6. The molecule has 0 radical (unpaired) electrons. The molecule has 6 heteroatoms. The maximum atomic E-state index is 12.5. The quantitative estimate of drug-likeness (QED) is 0.515. The van der Waals surface area contributed by atoms with Gasteiger partial charge in [-0.2, -0.15) is 0 Å². The van der Waals surface area contributed by atoms with Crippen molar-refractivity contribution in [2.45, 2.75) is 25.2 Å².